The Bertz CT molecular complexity index is 400. The molecule has 0 saturated carbocycles. The SMILES string of the molecule is CC1CCN(C(=O)Oc2ccccc2Br)CC1. The number of likely N-dealkylation sites (tertiary alicyclic amines) is 1. The van der Waals surface area contributed by atoms with Crippen LogP contribution in [0.1, 0.15) is 19.8 Å². The van der Waals surface area contributed by atoms with E-state index in [1.807, 2.05) is 18.2 Å². The maximum Gasteiger partial charge on any atom is 0.415 e. The first-order valence-electron chi connectivity index (χ1n) is 5.88. The molecule has 0 unspecified atom stereocenters. The lowest BCUT2D eigenvalue weighted by atomic mass is 10.00. The minimum absolute atomic E-state index is 0.246. The number of hydrogen-bond acceptors (Lipinski definition) is 2. The number of amides is 1. The van der Waals surface area contributed by atoms with E-state index >= 15 is 0 Å². The normalized spacial score (nSPS) is 16.9. The smallest absolute Gasteiger partial charge is 0.409 e. The molecule has 1 amide bonds. The minimum Gasteiger partial charge on any atom is -0.409 e. The van der Waals surface area contributed by atoms with Crippen LogP contribution in [0.15, 0.2) is 28.7 Å². The van der Waals surface area contributed by atoms with Gasteiger partial charge in [0.1, 0.15) is 5.75 Å². The fourth-order valence-electron chi connectivity index (χ4n) is 1.88. The van der Waals surface area contributed by atoms with Crippen molar-refractivity contribution >= 4 is 22.0 Å². The Kier molecular flexibility index (Phi) is 4.05. The number of carbonyl (C=O) groups is 1. The van der Waals surface area contributed by atoms with E-state index in [2.05, 4.69) is 22.9 Å². The largest absolute Gasteiger partial charge is 0.415 e. The molecule has 0 aliphatic carbocycles. The molecule has 92 valence electrons. The highest BCUT2D eigenvalue weighted by Gasteiger charge is 2.22. The molecule has 0 atom stereocenters. The molecule has 0 aromatic heterocycles. The third-order valence-electron chi connectivity index (χ3n) is 3.08. The Labute approximate surface area is 110 Å². The van der Waals surface area contributed by atoms with Gasteiger partial charge in [0.25, 0.3) is 0 Å². The van der Waals surface area contributed by atoms with Gasteiger partial charge in [0.05, 0.1) is 4.47 Å². The van der Waals surface area contributed by atoms with Crippen molar-refractivity contribution < 1.29 is 9.53 Å². The van der Waals surface area contributed by atoms with Crippen molar-refractivity contribution in [3.8, 4) is 5.75 Å². The molecule has 0 radical (unpaired) electrons. The maximum absolute atomic E-state index is 11.9. The Hall–Kier alpha value is -1.03. The highest BCUT2D eigenvalue weighted by molar-refractivity contribution is 9.10. The zero-order valence-electron chi connectivity index (χ0n) is 9.86. The summed E-state index contributed by atoms with van der Waals surface area (Å²) < 4.78 is 6.16. The zero-order chi connectivity index (χ0) is 12.3. The maximum atomic E-state index is 11.9. The van der Waals surface area contributed by atoms with Gasteiger partial charge >= 0.3 is 6.09 Å². The van der Waals surface area contributed by atoms with E-state index in [0.717, 1.165) is 30.4 Å². The van der Waals surface area contributed by atoms with Crippen LogP contribution in [0.25, 0.3) is 0 Å². The van der Waals surface area contributed by atoms with Crippen molar-refractivity contribution in [1.82, 2.24) is 4.90 Å². The average Bonchev–Trinajstić information content (AvgIpc) is 2.33. The molecule has 0 spiro atoms. The van der Waals surface area contributed by atoms with Gasteiger partial charge < -0.3 is 9.64 Å². The minimum atomic E-state index is -0.246. The molecule has 3 nitrogen and oxygen atoms in total. The summed E-state index contributed by atoms with van der Waals surface area (Å²) in [6, 6.07) is 7.39. The summed E-state index contributed by atoms with van der Waals surface area (Å²) in [5, 5.41) is 0. The van der Waals surface area contributed by atoms with Crippen LogP contribution in [-0.2, 0) is 0 Å². The van der Waals surface area contributed by atoms with Crippen LogP contribution in [0.4, 0.5) is 4.79 Å². The fraction of sp³-hybridized carbons (Fsp3) is 0.462. The van der Waals surface area contributed by atoms with Gasteiger partial charge in [-0.05, 0) is 46.8 Å². The van der Waals surface area contributed by atoms with Crippen LogP contribution in [0, 0.1) is 5.92 Å². The zero-order valence-corrected chi connectivity index (χ0v) is 11.4. The first-order chi connectivity index (χ1) is 8.16. The van der Waals surface area contributed by atoms with Crippen LogP contribution in [0.3, 0.4) is 0 Å². The number of para-hydroxylation sites is 1. The van der Waals surface area contributed by atoms with E-state index < -0.39 is 0 Å². The lowest BCUT2D eigenvalue weighted by Crippen LogP contribution is -2.39. The second-order valence-corrected chi connectivity index (χ2v) is 5.32. The van der Waals surface area contributed by atoms with Crippen LogP contribution in [-0.4, -0.2) is 24.1 Å². The van der Waals surface area contributed by atoms with E-state index in [-0.39, 0.29) is 6.09 Å². The van der Waals surface area contributed by atoms with Gasteiger partial charge in [-0.15, -0.1) is 0 Å². The molecule has 1 aliphatic heterocycles. The summed E-state index contributed by atoms with van der Waals surface area (Å²) in [4.78, 5) is 13.7. The molecule has 0 bridgehead atoms. The van der Waals surface area contributed by atoms with Crippen molar-refractivity contribution in [3.63, 3.8) is 0 Å². The molecule has 4 heteroatoms. The highest BCUT2D eigenvalue weighted by atomic mass is 79.9. The van der Waals surface area contributed by atoms with Crippen molar-refractivity contribution in [2.24, 2.45) is 5.92 Å². The van der Waals surface area contributed by atoms with E-state index in [0.29, 0.717) is 11.7 Å². The molecule has 1 aromatic rings. The van der Waals surface area contributed by atoms with Gasteiger partial charge in [-0.2, -0.15) is 0 Å². The van der Waals surface area contributed by atoms with Gasteiger partial charge in [0.15, 0.2) is 0 Å². The summed E-state index contributed by atoms with van der Waals surface area (Å²) >= 11 is 3.36. The molecular weight excluding hydrogens is 282 g/mol. The molecule has 1 fully saturated rings. The molecule has 1 heterocycles. The first kappa shape index (κ1) is 12.4. The van der Waals surface area contributed by atoms with Crippen LogP contribution >= 0.6 is 15.9 Å². The number of nitrogens with zero attached hydrogens (tertiary/aromatic N) is 1. The molecular formula is C13H16BrNO2. The van der Waals surface area contributed by atoms with Crippen LogP contribution in [0.2, 0.25) is 0 Å². The topological polar surface area (TPSA) is 29.5 Å². The molecule has 17 heavy (non-hydrogen) atoms. The molecule has 0 N–H and O–H groups in total. The predicted octanol–water partition coefficient (Wildman–Crippen LogP) is 3.68. The van der Waals surface area contributed by atoms with E-state index in [4.69, 9.17) is 4.74 Å². The fourth-order valence-corrected chi connectivity index (χ4v) is 2.24. The monoisotopic (exact) mass is 297 g/mol. The van der Waals surface area contributed by atoms with Gasteiger partial charge in [0.2, 0.25) is 0 Å². The number of benzene rings is 1. The van der Waals surface area contributed by atoms with E-state index in [1.54, 1.807) is 11.0 Å². The summed E-state index contributed by atoms with van der Waals surface area (Å²) in [7, 11) is 0. The third kappa shape index (κ3) is 3.22. The summed E-state index contributed by atoms with van der Waals surface area (Å²) in [6.45, 7) is 3.81. The Balaban J connectivity index is 1.95. The molecule has 1 aromatic carbocycles. The standard InChI is InChI=1S/C13H16BrNO2/c1-10-6-8-15(9-7-10)13(16)17-12-5-3-2-4-11(12)14/h2-5,10H,6-9H2,1H3. The highest BCUT2D eigenvalue weighted by Crippen LogP contribution is 2.25. The number of ether oxygens (including phenoxy) is 1. The number of halogens is 1. The summed E-state index contributed by atoms with van der Waals surface area (Å²) in [5.74, 6) is 1.29. The van der Waals surface area contributed by atoms with Crippen molar-refractivity contribution in [1.29, 1.82) is 0 Å². The number of rotatable bonds is 1. The quantitative estimate of drug-likeness (QED) is 0.791. The first-order valence-corrected chi connectivity index (χ1v) is 6.67. The lowest BCUT2D eigenvalue weighted by molar-refractivity contribution is 0.133. The second kappa shape index (κ2) is 5.54. The van der Waals surface area contributed by atoms with Crippen molar-refractivity contribution in [3.05, 3.63) is 28.7 Å². The van der Waals surface area contributed by atoms with Gasteiger partial charge in [-0.25, -0.2) is 4.79 Å². The number of hydrogen-bond donors (Lipinski definition) is 0. The number of carbonyl (C=O) groups excluding carboxylic acids is 1. The van der Waals surface area contributed by atoms with Gasteiger partial charge in [0, 0.05) is 13.1 Å². The van der Waals surface area contributed by atoms with E-state index in [9.17, 15) is 4.79 Å². The Morgan fingerprint density at radius 1 is 1.35 bits per heavy atom. The summed E-state index contributed by atoms with van der Waals surface area (Å²) in [5.41, 5.74) is 0. The predicted molar refractivity (Wildman–Crippen MR) is 70.1 cm³/mol. The third-order valence-corrected chi connectivity index (χ3v) is 3.73. The van der Waals surface area contributed by atoms with Gasteiger partial charge in [-0.1, -0.05) is 19.1 Å². The Morgan fingerprint density at radius 3 is 2.65 bits per heavy atom. The van der Waals surface area contributed by atoms with Gasteiger partial charge in [-0.3, -0.25) is 0 Å². The Morgan fingerprint density at radius 2 is 2.00 bits per heavy atom. The average molecular weight is 298 g/mol. The molecule has 1 saturated heterocycles. The molecule has 2 rings (SSSR count). The van der Waals surface area contributed by atoms with E-state index in [1.165, 1.54) is 0 Å². The van der Waals surface area contributed by atoms with Crippen LogP contribution in [0.5, 0.6) is 5.75 Å². The van der Waals surface area contributed by atoms with Crippen molar-refractivity contribution in [2.75, 3.05) is 13.1 Å². The van der Waals surface area contributed by atoms with Crippen molar-refractivity contribution in [2.45, 2.75) is 19.8 Å². The van der Waals surface area contributed by atoms with Crippen LogP contribution < -0.4 is 4.74 Å². The summed E-state index contributed by atoms with van der Waals surface area (Å²) in [6.07, 6.45) is 1.87. The number of piperidine rings is 1. The second-order valence-electron chi connectivity index (χ2n) is 4.47. The molecule has 1 aliphatic rings. The lowest BCUT2D eigenvalue weighted by Gasteiger charge is -2.29.